The molecule has 0 aliphatic carbocycles. The molecule has 0 unspecified atom stereocenters. The summed E-state index contributed by atoms with van der Waals surface area (Å²) in [5.74, 6) is -0.0135. The number of hydrogen-bond donors (Lipinski definition) is 2. The number of fused-ring (bicyclic) bond motifs is 1. The van der Waals surface area contributed by atoms with Crippen molar-refractivity contribution in [2.45, 2.75) is 0 Å². The van der Waals surface area contributed by atoms with Crippen molar-refractivity contribution in [2.75, 3.05) is 31.3 Å². The van der Waals surface area contributed by atoms with Crippen molar-refractivity contribution in [3.05, 3.63) is 72.3 Å². The number of carbonyl (C=O) groups is 1. The van der Waals surface area contributed by atoms with Crippen LogP contribution in [0.25, 0.3) is 27.7 Å². The van der Waals surface area contributed by atoms with Crippen molar-refractivity contribution in [3.8, 4) is 11.1 Å². The first-order valence-corrected chi connectivity index (χ1v) is 11.2. The minimum absolute atomic E-state index is 0.0135. The minimum Gasteiger partial charge on any atom is -0.396 e. The van der Waals surface area contributed by atoms with Gasteiger partial charge in [-0.15, -0.1) is 0 Å². The number of H-pyrrole nitrogens is 1. The van der Waals surface area contributed by atoms with E-state index in [0.717, 1.165) is 27.7 Å². The van der Waals surface area contributed by atoms with E-state index in [4.69, 9.17) is 10.5 Å². The highest BCUT2D eigenvalue weighted by molar-refractivity contribution is 5.95. The summed E-state index contributed by atoms with van der Waals surface area (Å²) in [5, 5.41) is 18.2. The third-order valence-corrected chi connectivity index (χ3v) is 5.97. The zero-order chi connectivity index (χ0) is 24.4. The van der Waals surface area contributed by atoms with E-state index in [1.807, 2.05) is 49.8 Å². The molecule has 3 N–H and O–H groups in total. The highest BCUT2D eigenvalue weighted by Gasteiger charge is 2.19. The normalized spacial score (nSPS) is 14.3. The fourth-order valence-corrected chi connectivity index (χ4v) is 4.08. The average molecular weight is 471 g/mol. The second kappa shape index (κ2) is 9.43. The molecule has 178 valence electrons. The van der Waals surface area contributed by atoms with E-state index in [-0.39, 0.29) is 5.91 Å². The SMILES string of the molecule is C=NN(/C=C(\N)c1n[nH]c2ccc(-c3cnn(C)c3)cc12)c1ccc(C(=O)N2CCOCC2)cc1. The van der Waals surface area contributed by atoms with Gasteiger partial charge >= 0.3 is 0 Å². The zero-order valence-electron chi connectivity index (χ0n) is 19.4. The Kier molecular flexibility index (Phi) is 6.02. The van der Waals surface area contributed by atoms with Crippen LogP contribution in [0, 0.1) is 0 Å². The lowest BCUT2D eigenvalue weighted by Gasteiger charge is -2.27. The molecule has 10 heteroatoms. The molecule has 1 saturated heterocycles. The number of aromatic amines is 1. The molecule has 1 fully saturated rings. The molecule has 0 bridgehead atoms. The van der Waals surface area contributed by atoms with Gasteiger partial charge in [0.2, 0.25) is 0 Å². The summed E-state index contributed by atoms with van der Waals surface area (Å²) >= 11 is 0. The van der Waals surface area contributed by atoms with Gasteiger partial charge in [-0.1, -0.05) is 6.07 Å². The third kappa shape index (κ3) is 4.51. The largest absolute Gasteiger partial charge is 0.396 e. The standard InChI is InChI=1S/C25H26N8O2/c1-27-33(20-6-3-17(4-7-20)25(34)32-9-11-35-12-10-32)16-22(26)24-21-13-18(5-8-23(21)29-30-24)19-14-28-31(2)15-19/h3-8,13-16H,1,9-12,26H2,2H3,(H,29,30)/b22-16-. The number of hydrogen-bond acceptors (Lipinski definition) is 7. The van der Waals surface area contributed by atoms with E-state index < -0.39 is 0 Å². The minimum atomic E-state index is -0.0135. The van der Waals surface area contributed by atoms with Crippen LogP contribution in [0.5, 0.6) is 0 Å². The molecule has 2 aromatic heterocycles. The van der Waals surface area contributed by atoms with Crippen LogP contribution >= 0.6 is 0 Å². The number of nitrogens with zero attached hydrogens (tertiary/aromatic N) is 6. The highest BCUT2D eigenvalue weighted by atomic mass is 16.5. The van der Waals surface area contributed by atoms with Gasteiger partial charge in [0.05, 0.1) is 42.5 Å². The van der Waals surface area contributed by atoms with Crippen LogP contribution in [0.15, 0.2) is 66.2 Å². The Labute approximate surface area is 202 Å². The van der Waals surface area contributed by atoms with Crippen LogP contribution < -0.4 is 10.7 Å². The number of benzene rings is 2. The van der Waals surface area contributed by atoms with Crippen molar-refractivity contribution >= 4 is 34.9 Å². The number of anilines is 1. The number of nitrogens with one attached hydrogen (secondary N) is 1. The number of morpholine rings is 1. The first-order chi connectivity index (χ1) is 17.0. The van der Waals surface area contributed by atoms with Crippen molar-refractivity contribution < 1.29 is 9.53 Å². The molecule has 1 aliphatic rings. The summed E-state index contributed by atoms with van der Waals surface area (Å²) in [6.45, 7) is 5.99. The third-order valence-electron chi connectivity index (χ3n) is 5.97. The van der Waals surface area contributed by atoms with Crippen molar-refractivity contribution in [1.29, 1.82) is 0 Å². The summed E-state index contributed by atoms with van der Waals surface area (Å²) < 4.78 is 7.09. The van der Waals surface area contributed by atoms with E-state index in [1.54, 1.807) is 32.9 Å². The Morgan fingerprint density at radius 3 is 2.66 bits per heavy atom. The molecular weight excluding hydrogens is 444 g/mol. The molecule has 0 atom stereocenters. The van der Waals surface area contributed by atoms with Crippen LogP contribution in [0.4, 0.5) is 5.69 Å². The maximum atomic E-state index is 12.7. The van der Waals surface area contributed by atoms with E-state index in [9.17, 15) is 4.79 Å². The maximum absolute atomic E-state index is 12.7. The lowest BCUT2D eigenvalue weighted by atomic mass is 10.1. The number of amides is 1. The Hall–Kier alpha value is -4.44. The topological polar surface area (TPSA) is 118 Å². The Morgan fingerprint density at radius 1 is 1.20 bits per heavy atom. The predicted molar refractivity (Wildman–Crippen MR) is 136 cm³/mol. The van der Waals surface area contributed by atoms with Gasteiger partial charge in [0.25, 0.3) is 5.91 Å². The van der Waals surface area contributed by atoms with Crippen molar-refractivity contribution in [1.82, 2.24) is 24.9 Å². The van der Waals surface area contributed by atoms with Crippen molar-refractivity contribution in [2.24, 2.45) is 17.9 Å². The first kappa shape index (κ1) is 22.4. The van der Waals surface area contributed by atoms with Crippen LogP contribution in [0.2, 0.25) is 0 Å². The molecular formula is C25H26N8O2. The van der Waals surface area contributed by atoms with E-state index in [1.165, 1.54) is 0 Å². The van der Waals surface area contributed by atoms with Crippen LogP contribution in [0.3, 0.4) is 0 Å². The van der Waals surface area contributed by atoms with Crippen LogP contribution in [-0.4, -0.2) is 63.8 Å². The molecule has 3 heterocycles. The fourth-order valence-electron chi connectivity index (χ4n) is 4.08. The predicted octanol–water partition coefficient (Wildman–Crippen LogP) is 2.82. The molecule has 5 rings (SSSR count). The molecule has 1 aliphatic heterocycles. The van der Waals surface area contributed by atoms with Gasteiger partial charge in [0, 0.05) is 49.6 Å². The number of aromatic nitrogens is 4. The number of hydrazone groups is 1. The Bertz CT molecular complexity index is 1400. The Morgan fingerprint density at radius 2 is 1.97 bits per heavy atom. The van der Waals surface area contributed by atoms with Gasteiger partial charge in [-0.05, 0) is 42.0 Å². The maximum Gasteiger partial charge on any atom is 0.254 e. The number of aryl methyl sites for hydroxylation is 1. The van der Waals surface area contributed by atoms with Crippen molar-refractivity contribution in [3.63, 3.8) is 0 Å². The molecule has 1 amide bonds. The number of nitrogens with two attached hydrogens (primary N) is 1. The van der Waals surface area contributed by atoms with Gasteiger partial charge < -0.3 is 15.4 Å². The molecule has 2 aromatic carbocycles. The molecule has 0 spiro atoms. The van der Waals surface area contributed by atoms with Gasteiger partial charge in [-0.2, -0.15) is 15.3 Å². The first-order valence-electron chi connectivity index (χ1n) is 11.2. The summed E-state index contributed by atoms with van der Waals surface area (Å²) in [6, 6.07) is 13.2. The summed E-state index contributed by atoms with van der Waals surface area (Å²) in [4.78, 5) is 14.5. The highest BCUT2D eigenvalue weighted by Crippen LogP contribution is 2.28. The number of carbonyl (C=O) groups excluding carboxylic acids is 1. The summed E-state index contributed by atoms with van der Waals surface area (Å²) in [6.07, 6.45) is 5.44. The second-order valence-corrected chi connectivity index (χ2v) is 8.26. The zero-order valence-corrected chi connectivity index (χ0v) is 19.4. The number of rotatable bonds is 6. The monoisotopic (exact) mass is 470 g/mol. The Balaban J connectivity index is 1.40. The van der Waals surface area contributed by atoms with Gasteiger partial charge in [-0.25, -0.2) is 5.01 Å². The average Bonchev–Trinajstić information content (AvgIpc) is 3.53. The van der Waals surface area contributed by atoms with Gasteiger partial charge in [0.1, 0.15) is 5.69 Å². The summed E-state index contributed by atoms with van der Waals surface area (Å²) in [5.41, 5.74) is 11.7. The van der Waals surface area contributed by atoms with E-state index >= 15 is 0 Å². The molecule has 0 saturated carbocycles. The quantitative estimate of drug-likeness (QED) is 0.331. The van der Waals surface area contributed by atoms with Crippen LogP contribution in [0.1, 0.15) is 16.1 Å². The van der Waals surface area contributed by atoms with E-state index in [0.29, 0.717) is 43.3 Å². The van der Waals surface area contributed by atoms with E-state index in [2.05, 4.69) is 27.1 Å². The second-order valence-electron chi connectivity index (χ2n) is 8.26. The molecule has 10 nitrogen and oxygen atoms in total. The lowest BCUT2D eigenvalue weighted by molar-refractivity contribution is 0.0303. The lowest BCUT2D eigenvalue weighted by Crippen LogP contribution is -2.40. The van der Waals surface area contributed by atoms with Gasteiger partial charge in [-0.3, -0.25) is 14.6 Å². The number of ether oxygens (including phenoxy) is 1. The van der Waals surface area contributed by atoms with Gasteiger partial charge in [0.15, 0.2) is 0 Å². The molecule has 0 radical (unpaired) electrons. The fraction of sp³-hybridized carbons (Fsp3) is 0.200. The molecule has 4 aromatic rings. The van der Waals surface area contributed by atoms with Crippen LogP contribution in [-0.2, 0) is 11.8 Å². The summed E-state index contributed by atoms with van der Waals surface area (Å²) in [7, 11) is 1.88. The smallest absolute Gasteiger partial charge is 0.254 e. The molecule has 35 heavy (non-hydrogen) atoms.